The van der Waals surface area contributed by atoms with Crippen LogP contribution in [0.5, 0.6) is 0 Å². The molecule has 1 aliphatic heterocycles. The molecule has 18 heteroatoms. The number of urea groups is 1. The van der Waals surface area contributed by atoms with E-state index in [9.17, 15) is 33.3 Å². The number of anilines is 3. The number of aliphatic hydroxyl groups is 3. The van der Waals surface area contributed by atoms with E-state index in [0.717, 1.165) is 11.1 Å². The highest BCUT2D eigenvalue weighted by molar-refractivity contribution is 7.89. The van der Waals surface area contributed by atoms with Crippen molar-refractivity contribution in [1.29, 1.82) is 0 Å². The van der Waals surface area contributed by atoms with Gasteiger partial charge in [0, 0.05) is 37.3 Å². The standard InChI is InChI=1S/C37H42N10O7S/c38-55(53,54)26-13-11-24(12-14-26)41-37(52)42-25-15-16-46(19-25)36-44-34(39-18-27(22-7-3-1-4-8-22)23-9-5-2-6-10-23)31-35(45-36)47(21-40-31)29-17-28(32(50)33(29)51)43-30(49)20-48/h1-14,21,25,27-29,32-33,48,50-51H,15-20H2,(H,43,49)(H2,38,53,54)(H,39,44,45)(H2,41,42,52)/t25?,28-,29+,32+,33-/m0/s1. The first kappa shape index (κ1) is 37.6. The number of rotatable bonds is 12. The highest BCUT2D eigenvalue weighted by Crippen LogP contribution is 2.35. The maximum atomic E-state index is 12.9. The van der Waals surface area contributed by atoms with E-state index in [0.29, 0.717) is 54.7 Å². The minimum atomic E-state index is -3.87. The van der Waals surface area contributed by atoms with E-state index in [4.69, 9.17) is 15.1 Å². The lowest BCUT2D eigenvalue weighted by molar-refractivity contribution is -0.125. The third kappa shape index (κ3) is 8.37. The van der Waals surface area contributed by atoms with Crippen molar-refractivity contribution in [2.24, 2.45) is 5.14 Å². The highest BCUT2D eigenvalue weighted by atomic mass is 32.2. The van der Waals surface area contributed by atoms with Crippen molar-refractivity contribution >= 4 is 50.6 Å². The largest absolute Gasteiger partial charge is 0.388 e. The monoisotopic (exact) mass is 770 g/mol. The molecule has 17 nitrogen and oxygen atoms in total. The van der Waals surface area contributed by atoms with Crippen LogP contribution < -0.4 is 31.3 Å². The van der Waals surface area contributed by atoms with Gasteiger partial charge in [0.15, 0.2) is 17.0 Å². The molecule has 0 spiro atoms. The predicted molar refractivity (Wildman–Crippen MR) is 204 cm³/mol. The van der Waals surface area contributed by atoms with Gasteiger partial charge in [0.1, 0.15) is 18.8 Å². The summed E-state index contributed by atoms with van der Waals surface area (Å²) in [6.07, 6.45) is -0.304. The Kier molecular flexibility index (Phi) is 10.9. The van der Waals surface area contributed by atoms with Gasteiger partial charge in [-0.15, -0.1) is 0 Å². The molecule has 1 saturated heterocycles. The number of sulfonamides is 1. The Morgan fingerprint density at radius 2 is 1.58 bits per heavy atom. The summed E-state index contributed by atoms with van der Waals surface area (Å²) in [6.45, 7) is 0.574. The summed E-state index contributed by atoms with van der Waals surface area (Å²) in [5, 5.41) is 48.1. The minimum Gasteiger partial charge on any atom is -0.388 e. The third-order valence-electron chi connectivity index (χ3n) is 10.0. The molecular weight excluding hydrogens is 729 g/mol. The van der Waals surface area contributed by atoms with E-state index < -0.39 is 52.9 Å². The van der Waals surface area contributed by atoms with Crippen molar-refractivity contribution in [2.75, 3.05) is 41.8 Å². The van der Waals surface area contributed by atoms with Crippen LogP contribution in [-0.4, -0.2) is 106 Å². The van der Waals surface area contributed by atoms with Gasteiger partial charge in [-0.25, -0.2) is 23.3 Å². The Labute approximate surface area is 316 Å². The minimum absolute atomic E-state index is 0.0459. The molecule has 1 saturated carbocycles. The van der Waals surface area contributed by atoms with E-state index in [2.05, 4.69) is 50.5 Å². The number of imidazole rings is 1. The number of nitrogens with two attached hydrogens (primary N) is 1. The topological polar surface area (TPSA) is 250 Å². The zero-order valence-electron chi connectivity index (χ0n) is 29.6. The van der Waals surface area contributed by atoms with Crippen LogP contribution in [-0.2, 0) is 14.8 Å². The molecule has 0 bridgehead atoms. The van der Waals surface area contributed by atoms with Gasteiger partial charge >= 0.3 is 6.03 Å². The lowest BCUT2D eigenvalue weighted by Crippen LogP contribution is -2.44. The van der Waals surface area contributed by atoms with E-state index in [1.54, 1.807) is 4.57 Å². The van der Waals surface area contributed by atoms with E-state index >= 15 is 0 Å². The van der Waals surface area contributed by atoms with Gasteiger partial charge in [-0.3, -0.25) is 4.79 Å². The molecule has 3 aromatic carbocycles. The second-order valence-corrected chi connectivity index (χ2v) is 15.2. The maximum absolute atomic E-state index is 12.9. The number of carbonyl (C=O) groups excluding carboxylic acids is 2. The van der Waals surface area contributed by atoms with Gasteiger partial charge in [-0.05, 0) is 48.2 Å². The summed E-state index contributed by atoms with van der Waals surface area (Å²) in [7, 11) is -3.87. The molecule has 1 aliphatic carbocycles. The molecule has 2 aromatic heterocycles. The Balaban J connectivity index is 1.15. The number of fused-ring (bicyclic) bond motifs is 1. The number of carbonyl (C=O) groups is 2. The zero-order valence-corrected chi connectivity index (χ0v) is 30.4. The molecule has 5 aromatic rings. The SMILES string of the molecule is NS(=O)(=O)c1ccc(NC(=O)NC2CCN(c3nc(NCC(c4ccccc4)c4ccccc4)c4ncn([C@@H]5C[C@H](NC(=O)CO)[C@@H](O)[C@H]5O)c4n3)C2)cc1. The van der Waals surface area contributed by atoms with E-state index in [-0.39, 0.29) is 23.3 Å². The molecule has 1 unspecified atom stereocenters. The van der Waals surface area contributed by atoms with Crippen LogP contribution >= 0.6 is 0 Å². The molecule has 3 heterocycles. The first-order valence-corrected chi connectivity index (χ1v) is 19.3. The first-order valence-electron chi connectivity index (χ1n) is 17.8. The summed E-state index contributed by atoms with van der Waals surface area (Å²) in [6, 6.07) is 23.4. The lowest BCUT2D eigenvalue weighted by Gasteiger charge is -2.22. The molecule has 9 N–H and O–H groups in total. The normalized spacial score (nSPS) is 21.2. The smallest absolute Gasteiger partial charge is 0.319 e. The van der Waals surface area contributed by atoms with Gasteiger partial charge < -0.3 is 46.1 Å². The van der Waals surface area contributed by atoms with Crippen LogP contribution in [0.25, 0.3) is 11.2 Å². The predicted octanol–water partition coefficient (Wildman–Crippen LogP) is 1.26. The number of nitrogens with zero attached hydrogens (tertiary/aromatic N) is 5. The molecule has 2 aliphatic rings. The van der Waals surface area contributed by atoms with Crippen molar-refractivity contribution in [3.05, 3.63) is 102 Å². The number of benzene rings is 3. The highest BCUT2D eigenvalue weighted by Gasteiger charge is 2.44. The van der Waals surface area contributed by atoms with Crippen molar-refractivity contribution in [2.45, 2.75) is 54.0 Å². The van der Waals surface area contributed by atoms with Gasteiger partial charge in [0.2, 0.25) is 21.9 Å². The molecule has 2 fully saturated rings. The van der Waals surface area contributed by atoms with Gasteiger partial charge in [-0.2, -0.15) is 9.97 Å². The van der Waals surface area contributed by atoms with Gasteiger partial charge in [-0.1, -0.05) is 60.7 Å². The molecule has 5 atom stereocenters. The number of amides is 3. The Bertz CT molecular complexity index is 2200. The second-order valence-electron chi connectivity index (χ2n) is 13.7. The summed E-state index contributed by atoms with van der Waals surface area (Å²) >= 11 is 0. The fraction of sp³-hybridized carbons (Fsp3) is 0.324. The third-order valence-corrected chi connectivity index (χ3v) is 11.0. The van der Waals surface area contributed by atoms with Gasteiger partial charge in [0.25, 0.3) is 0 Å². The molecule has 0 radical (unpaired) electrons. The molecule has 3 amide bonds. The number of aliphatic hydroxyl groups excluding tert-OH is 3. The van der Waals surface area contributed by atoms with Crippen LogP contribution in [0.4, 0.5) is 22.2 Å². The summed E-state index contributed by atoms with van der Waals surface area (Å²) in [5.74, 6) is 0.0937. The number of primary sulfonamides is 1. The van der Waals surface area contributed by atoms with Crippen LogP contribution in [0.3, 0.4) is 0 Å². The van der Waals surface area contributed by atoms with Crippen molar-refractivity contribution in [3.8, 4) is 0 Å². The summed E-state index contributed by atoms with van der Waals surface area (Å²) < 4.78 is 24.9. The lowest BCUT2D eigenvalue weighted by atomic mass is 9.91. The average molecular weight is 771 g/mol. The van der Waals surface area contributed by atoms with Crippen LogP contribution in [0.1, 0.15) is 35.9 Å². The van der Waals surface area contributed by atoms with E-state index in [1.807, 2.05) is 41.3 Å². The Hall–Kier alpha value is -5.66. The first-order chi connectivity index (χ1) is 26.5. The molecular formula is C37H42N10O7S. The quantitative estimate of drug-likeness (QED) is 0.0894. The van der Waals surface area contributed by atoms with Crippen molar-refractivity contribution in [3.63, 3.8) is 0 Å². The summed E-state index contributed by atoms with van der Waals surface area (Å²) in [4.78, 5) is 41.2. The van der Waals surface area contributed by atoms with Crippen LogP contribution in [0, 0.1) is 0 Å². The van der Waals surface area contributed by atoms with Crippen molar-refractivity contribution in [1.82, 2.24) is 30.2 Å². The Morgan fingerprint density at radius 1 is 0.909 bits per heavy atom. The number of hydrogen-bond acceptors (Lipinski definition) is 12. The van der Waals surface area contributed by atoms with Crippen LogP contribution in [0.2, 0.25) is 0 Å². The molecule has 55 heavy (non-hydrogen) atoms. The fourth-order valence-electron chi connectivity index (χ4n) is 7.23. The summed E-state index contributed by atoms with van der Waals surface area (Å²) in [5.41, 5.74) is 3.42. The maximum Gasteiger partial charge on any atom is 0.319 e. The van der Waals surface area contributed by atoms with Crippen LogP contribution in [0.15, 0.2) is 96.2 Å². The number of nitrogens with one attached hydrogen (secondary N) is 4. The Morgan fingerprint density at radius 3 is 2.22 bits per heavy atom. The molecule has 288 valence electrons. The van der Waals surface area contributed by atoms with E-state index in [1.165, 1.54) is 30.6 Å². The fourth-order valence-corrected chi connectivity index (χ4v) is 7.75. The molecule has 7 rings (SSSR count). The second kappa shape index (κ2) is 16.0. The average Bonchev–Trinajstić information content (AvgIpc) is 3.90. The van der Waals surface area contributed by atoms with Crippen molar-refractivity contribution < 1.29 is 33.3 Å². The number of hydrogen-bond donors (Lipinski definition) is 8. The van der Waals surface area contributed by atoms with Gasteiger partial charge in [0.05, 0.1) is 23.3 Å². The zero-order chi connectivity index (χ0) is 38.7. The number of aromatic nitrogens is 4.